The van der Waals surface area contributed by atoms with E-state index in [1.165, 1.54) is 12.1 Å². The number of hydrogen-bond donors (Lipinski definition) is 2. The van der Waals surface area contributed by atoms with Crippen molar-refractivity contribution in [2.45, 2.75) is 24.8 Å². The van der Waals surface area contributed by atoms with Crippen LogP contribution in [0.1, 0.15) is 13.8 Å². The van der Waals surface area contributed by atoms with Crippen LogP contribution in [0, 0.1) is 0 Å². The van der Waals surface area contributed by atoms with E-state index in [0.717, 1.165) is 0 Å². The highest BCUT2D eigenvalue weighted by Crippen LogP contribution is 2.11. The summed E-state index contributed by atoms with van der Waals surface area (Å²) in [6.07, 6.45) is 0. The fourth-order valence-corrected chi connectivity index (χ4v) is 2.37. The van der Waals surface area contributed by atoms with Crippen LogP contribution in [0.4, 0.5) is 5.69 Å². The molecule has 0 unspecified atom stereocenters. The molecular formula is C12H21N3O2S. The molecule has 0 aliphatic carbocycles. The van der Waals surface area contributed by atoms with Crippen LogP contribution in [0.5, 0.6) is 0 Å². The number of likely N-dealkylation sites (N-methyl/N-ethyl adjacent to an activating group) is 1. The van der Waals surface area contributed by atoms with Crippen LogP contribution in [0.2, 0.25) is 0 Å². The zero-order valence-corrected chi connectivity index (χ0v) is 11.9. The third kappa shape index (κ3) is 4.29. The Morgan fingerprint density at radius 1 is 1.28 bits per heavy atom. The maximum atomic E-state index is 11.9. The number of nitrogens with two attached hydrogens (primary N) is 1. The van der Waals surface area contributed by atoms with E-state index in [-0.39, 0.29) is 4.90 Å². The van der Waals surface area contributed by atoms with Crippen LogP contribution >= 0.6 is 0 Å². The quantitative estimate of drug-likeness (QED) is 0.753. The van der Waals surface area contributed by atoms with Crippen LogP contribution in [-0.2, 0) is 10.0 Å². The molecule has 0 aliphatic heterocycles. The molecule has 1 aromatic rings. The summed E-state index contributed by atoms with van der Waals surface area (Å²) >= 11 is 0. The normalized spacial score (nSPS) is 12.3. The molecule has 1 rings (SSSR count). The van der Waals surface area contributed by atoms with E-state index >= 15 is 0 Å². The van der Waals surface area contributed by atoms with Crippen LogP contribution in [0.3, 0.4) is 0 Å². The number of rotatable bonds is 6. The van der Waals surface area contributed by atoms with E-state index in [4.69, 9.17) is 5.73 Å². The Hall–Kier alpha value is -1.11. The van der Waals surface area contributed by atoms with Crippen molar-refractivity contribution in [2.75, 3.05) is 25.9 Å². The zero-order valence-electron chi connectivity index (χ0n) is 11.1. The third-order valence-electron chi connectivity index (χ3n) is 2.83. The maximum Gasteiger partial charge on any atom is 0.240 e. The molecule has 0 fully saturated rings. The van der Waals surface area contributed by atoms with Gasteiger partial charge >= 0.3 is 0 Å². The molecule has 5 nitrogen and oxygen atoms in total. The van der Waals surface area contributed by atoms with E-state index in [0.29, 0.717) is 24.8 Å². The van der Waals surface area contributed by atoms with Gasteiger partial charge in [-0.3, -0.25) is 0 Å². The Bertz CT molecular complexity index is 469. The minimum Gasteiger partial charge on any atom is -0.399 e. The van der Waals surface area contributed by atoms with Gasteiger partial charge in [0, 0.05) is 24.8 Å². The fraction of sp³-hybridized carbons (Fsp3) is 0.500. The van der Waals surface area contributed by atoms with Crippen LogP contribution in [0.25, 0.3) is 0 Å². The second-order valence-corrected chi connectivity index (χ2v) is 6.31. The molecule has 0 bridgehead atoms. The summed E-state index contributed by atoms with van der Waals surface area (Å²) in [6, 6.07) is 6.56. The summed E-state index contributed by atoms with van der Waals surface area (Å²) in [7, 11) is -1.47. The topological polar surface area (TPSA) is 75.4 Å². The first-order valence-corrected chi connectivity index (χ1v) is 7.36. The second kappa shape index (κ2) is 6.17. The predicted molar refractivity (Wildman–Crippen MR) is 73.8 cm³/mol. The van der Waals surface area contributed by atoms with E-state index in [2.05, 4.69) is 23.5 Å². The molecule has 0 saturated carbocycles. The van der Waals surface area contributed by atoms with Gasteiger partial charge in [0.25, 0.3) is 0 Å². The Morgan fingerprint density at radius 3 is 2.33 bits per heavy atom. The van der Waals surface area contributed by atoms with Gasteiger partial charge in [-0.25, -0.2) is 13.1 Å². The van der Waals surface area contributed by atoms with Crippen molar-refractivity contribution in [2.24, 2.45) is 0 Å². The first kappa shape index (κ1) is 14.9. The summed E-state index contributed by atoms with van der Waals surface area (Å²) in [4.78, 5) is 2.31. The van der Waals surface area contributed by atoms with Gasteiger partial charge in [-0.2, -0.15) is 0 Å². The number of hydrogen-bond acceptors (Lipinski definition) is 4. The lowest BCUT2D eigenvalue weighted by Crippen LogP contribution is -2.36. The monoisotopic (exact) mass is 271 g/mol. The highest BCUT2D eigenvalue weighted by Gasteiger charge is 2.13. The lowest BCUT2D eigenvalue weighted by Gasteiger charge is -2.20. The number of nitrogens with zero attached hydrogens (tertiary/aromatic N) is 1. The van der Waals surface area contributed by atoms with Gasteiger partial charge < -0.3 is 10.6 Å². The van der Waals surface area contributed by atoms with E-state index in [1.807, 2.05) is 7.05 Å². The Kier molecular flexibility index (Phi) is 5.13. The van der Waals surface area contributed by atoms with Gasteiger partial charge in [0.15, 0.2) is 0 Å². The third-order valence-corrected chi connectivity index (χ3v) is 4.31. The molecule has 0 spiro atoms. The summed E-state index contributed by atoms with van der Waals surface area (Å²) in [5.74, 6) is 0. The average Bonchev–Trinajstić information content (AvgIpc) is 2.29. The first-order chi connectivity index (χ1) is 8.33. The van der Waals surface area contributed by atoms with Crippen molar-refractivity contribution in [3.63, 3.8) is 0 Å². The molecule has 1 aromatic carbocycles. The molecule has 0 amide bonds. The molecular weight excluding hydrogens is 250 g/mol. The Morgan fingerprint density at radius 2 is 1.83 bits per heavy atom. The molecule has 6 heteroatoms. The lowest BCUT2D eigenvalue weighted by molar-refractivity contribution is 0.278. The fourth-order valence-electron chi connectivity index (χ4n) is 1.34. The summed E-state index contributed by atoms with van der Waals surface area (Å²) in [5.41, 5.74) is 6.07. The van der Waals surface area contributed by atoms with Gasteiger partial charge in [-0.15, -0.1) is 0 Å². The summed E-state index contributed by atoms with van der Waals surface area (Å²) < 4.78 is 26.4. The van der Waals surface area contributed by atoms with E-state index in [1.54, 1.807) is 12.1 Å². The van der Waals surface area contributed by atoms with Crippen molar-refractivity contribution >= 4 is 15.7 Å². The van der Waals surface area contributed by atoms with Crippen molar-refractivity contribution in [3.8, 4) is 0 Å². The van der Waals surface area contributed by atoms with Crippen LogP contribution in [0.15, 0.2) is 29.2 Å². The van der Waals surface area contributed by atoms with Crippen molar-refractivity contribution in [1.82, 2.24) is 9.62 Å². The molecule has 0 saturated heterocycles. The van der Waals surface area contributed by atoms with Crippen LogP contribution in [-0.4, -0.2) is 39.5 Å². The predicted octanol–water partition coefficient (Wildman–Crippen LogP) is 0.887. The minimum atomic E-state index is -3.43. The Balaban J connectivity index is 2.58. The van der Waals surface area contributed by atoms with Crippen molar-refractivity contribution in [3.05, 3.63) is 24.3 Å². The lowest BCUT2D eigenvalue weighted by atomic mass is 10.3. The van der Waals surface area contributed by atoms with Gasteiger partial charge in [0.1, 0.15) is 0 Å². The zero-order chi connectivity index (χ0) is 13.8. The van der Waals surface area contributed by atoms with E-state index < -0.39 is 10.0 Å². The molecule has 0 aromatic heterocycles. The summed E-state index contributed by atoms with van der Waals surface area (Å²) in [5, 5.41) is 0. The minimum absolute atomic E-state index is 0.240. The van der Waals surface area contributed by atoms with Gasteiger partial charge in [0.05, 0.1) is 4.90 Å². The molecule has 18 heavy (non-hydrogen) atoms. The molecule has 0 aliphatic rings. The second-order valence-electron chi connectivity index (χ2n) is 4.54. The number of benzene rings is 1. The largest absolute Gasteiger partial charge is 0.399 e. The Labute approximate surface area is 109 Å². The number of anilines is 1. The van der Waals surface area contributed by atoms with E-state index in [9.17, 15) is 8.42 Å². The van der Waals surface area contributed by atoms with Crippen molar-refractivity contribution in [1.29, 1.82) is 0 Å². The molecule has 0 atom stereocenters. The maximum absolute atomic E-state index is 11.9. The van der Waals surface area contributed by atoms with Crippen molar-refractivity contribution < 1.29 is 8.42 Å². The SMILES string of the molecule is CC(C)N(C)CCNS(=O)(=O)c1ccc(N)cc1. The average molecular weight is 271 g/mol. The first-order valence-electron chi connectivity index (χ1n) is 5.88. The summed E-state index contributed by atoms with van der Waals surface area (Å²) in [6.45, 7) is 5.19. The van der Waals surface area contributed by atoms with Crippen LogP contribution < -0.4 is 10.5 Å². The molecule has 3 N–H and O–H groups in total. The van der Waals surface area contributed by atoms with Gasteiger partial charge in [-0.05, 0) is 45.2 Å². The standard InChI is InChI=1S/C12H21N3O2S/c1-10(2)15(3)9-8-14-18(16,17)12-6-4-11(13)5-7-12/h4-7,10,14H,8-9,13H2,1-3H3. The highest BCUT2D eigenvalue weighted by molar-refractivity contribution is 7.89. The molecule has 102 valence electrons. The van der Waals surface area contributed by atoms with Gasteiger partial charge in [0.2, 0.25) is 10.0 Å². The smallest absolute Gasteiger partial charge is 0.240 e. The molecule has 0 radical (unpaired) electrons. The number of nitrogens with one attached hydrogen (secondary N) is 1. The number of nitrogen functional groups attached to an aromatic ring is 1. The number of sulfonamides is 1. The van der Waals surface area contributed by atoms with Gasteiger partial charge in [-0.1, -0.05) is 0 Å². The highest BCUT2D eigenvalue weighted by atomic mass is 32.2. The molecule has 0 heterocycles.